The number of para-hydroxylation sites is 2. The number of amides is 2. The standard InChI is InChI=1S/C22H25ClN4O3/c1-5-18(26(3)22(29)25-16-9-7-8-10-19(16)30-4)20-24-17-13-14(23)11-12-15(17)21(28)27(20)6-2/h7-13,18H,5-6H2,1-4H3,(H,25,29). The van der Waals surface area contributed by atoms with Crippen LogP contribution in [0.25, 0.3) is 10.9 Å². The van der Waals surface area contributed by atoms with E-state index in [0.29, 0.717) is 46.2 Å². The lowest BCUT2D eigenvalue weighted by Crippen LogP contribution is -2.38. The number of nitrogens with one attached hydrogen (secondary N) is 1. The molecular formula is C22H25ClN4O3. The Balaban J connectivity index is 2.01. The number of nitrogens with zero attached hydrogens (tertiary/aromatic N) is 3. The second kappa shape index (κ2) is 9.17. The van der Waals surface area contributed by atoms with Gasteiger partial charge in [-0.15, -0.1) is 0 Å². The molecule has 1 aromatic heterocycles. The number of anilines is 1. The van der Waals surface area contributed by atoms with E-state index in [4.69, 9.17) is 21.3 Å². The minimum absolute atomic E-state index is 0.147. The van der Waals surface area contributed by atoms with Crippen molar-refractivity contribution in [1.29, 1.82) is 0 Å². The van der Waals surface area contributed by atoms with Gasteiger partial charge in [-0.05, 0) is 43.7 Å². The first-order chi connectivity index (χ1) is 14.4. The van der Waals surface area contributed by atoms with Gasteiger partial charge in [0.05, 0.1) is 29.7 Å². The minimum atomic E-state index is -0.407. The number of ether oxygens (including phenoxy) is 1. The number of rotatable bonds is 6. The Morgan fingerprint density at radius 1 is 1.27 bits per heavy atom. The van der Waals surface area contributed by atoms with Gasteiger partial charge in [0.15, 0.2) is 0 Å². The fraction of sp³-hybridized carbons (Fsp3) is 0.318. The highest BCUT2D eigenvalue weighted by atomic mass is 35.5. The van der Waals surface area contributed by atoms with Crippen LogP contribution in [0.2, 0.25) is 5.02 Å². The first-order valence-electron chi connectivity index (χ1n) is 9.78. The Bertz CT molecular complexity index is 1130. The number of benzene rings is 2. The Morgan fingerprint density at radius 3 is 2.67 bits per heavy atom. The van der Waals surface area contributed by atoms with E-state index < -0.39 is 6.04 Å². The van der Waals surface area contributed by atoms with Gasteiger partial charge in [0.25, 0.3) is 5.56 Å². The van der Waals surface area contributed by atoms with E-state index in [0.717, 1.165) is 0 Å². The first kappa shape index (κ1) is 21.6. The summed E-state index contributed by atoms with van der Waals surface area (Å²) >= 11 is 6.11. The molecule has 0 fully saturated rings. The van der Waals surface area contributed by atoms with Gasteiger partial charge in [0.2, 0.25) is 0 Å². The maximum Gasteiger partial charge on any atom is 0.322 e. The summed E-state index contributed by atoms with van der Waals surface area (Å²) in [5.41, 5.74) is 0.938. The van der Waals surface area contributed by atoms with E-state index in [9.17, 15) is 9.59 Å². The number of carbonyl (C=O) groups is 1. The summed E-state index contributed by atoms with van der Waals surface area (Å²) in [7, 11) is 3.24. The SMILES string of the molecule is CCC(c1nc2cc(Cl)ccc2c(=O)n1CC)N(C)C(=O)Nc1ccccc1OC. The van der Waals surface area contributed by atoms with Gasteiger partial charge in [0, 0.05) is 18.6 Å². The van der Waals surface area contributed by atoms with Gasteiger partial charge < -0.3 is 15.0 Å². The zero-order valence-electron chi connectivity index (χ0n) is 17.5. The summed E-state index contributed by atoms with van der Waals surface area (Å²) in [5.74, 6) is 1.09. The van der Waals surface area contributed by atoms with Crippen molar-refractivity contribution in [2.75, 3.05) is 19.5 Å². The number of urea groups is 1. The van der Waals surface area contributed by atoms with Crippen molar-refractivity contribution in [3.05, 3.63) is 63.7 Å². The number of fused-ring (bicyclic) bond motifs is 1. The second-order valence-corrected chi connectivity index (χ2v) is 7.28. The van der Waals surface area contributed by atoms with Crippen LogP contribution in [0.4, 0.5) is 10.5 Å². The van der Waals surface area contributed by atoms with Crippen molar-refractivity contribution >= 4 is 34.2 Å². The number of hydrogen-bond acceptors (Lipinski definition) is 4. The molecule has 0 aliphatic carbocycles. The molecule has 30 heavy (non-hydrogen) atoms. The molecule has 3 aromatic rings. The van der Waals surface area contributed by atoms with Crippen LogP contribution in [0.1, 0.15) is 32.1 Å². The van der Waals surface area contributed by atoms with Crippen molar-refractivity contribution in [2.24, 2.45) is 0 Å². The number of carbonyl (C=O) groups excluding carboxylic acids is 1. The quantitative estimate of drug-likeness (QED) is 0.617. The molecule has 0 radical (unpaired) electrons. The maximum absolute atomic E-state index is 13.0. The Morgan fingerprint density at radius 2 is 2.00 bits per heavy atom. The molecule has 8 heteroatoms. The molecule has 0 aliphatic heterocycles. The Hall–Kier alpha value is -3.06. The predicted molar refractivity (Wildman–Crippen MR) is 119 cm³/mol. The summed E-state index contributed by atoms with van der Waals surface area (Å²) in [6, 6.07) is 11.5. The third-order valence-corrected chi connectivity index (χ3v) is 5.32. The Labute approximate surface area is 180 Å². The van der Waals surface area contributed by atoms with Crippen molar-refractivity contribution in [3.63, 3.8) is 0 Å². The first-order valence-corrected chi connectivity index (χ1v) is 10.2. The van der Waals surface area contributed by atoms with Crippen LogP contribution in [0, 0.1) is 0 Å². The molecule has 158 valence electrons. The highest BCUT2D eigenvalue weighted by Crippen LogP contribution is 2.27. The molecule has 2 amide bonds. The lowest BCUT2D eigenvalue weighted by molar-refractivity contribution is 0.197. The summed E-state index contributed by atoms with van der Waals surface area (Å²) in [6.45, 7) is 4.28. The minimum Gasteiger partial charge on any atom is -0.495 e. The third kappa shape index (κ3) is 4.11. The van der Waals surface area contributed by atoms with Crippen LogP contribution in [0.5, 0.6) is 5.75 Å². The fourth-order valence-electron chi connectivity index (χ4n) is 3.49. The average Bonchev–Trinajstić information content (AvgIpc) is 2.74. The molecule has 1 heterocycles. The van der Waals surface area contributed by atoms with Crippen molar-refractivity contribution < 1.29 is 9.53 Å². The van der Waals surface area contributed by atoms with Gasteiger partial charge in [-0.25, -0.2) is 9.78 Å². The molecular weight excluding hydrogens is 404 g/mol. The van der Waals surface area contributed by atoms with Crippen LogP contribution in [0.15, 0.2) is 47.3 Å². The predicted octanol–water partition coefficient (Wildman–Crippen LogP) is 4.69. The number of aromatic nitrogens is 2. The van der Waals surface area contributed by atoms with Gasteiger partial charge in [0.1, 0.15) is 11.6 Å². The molecule has 0 saturated heterocycles. The van der Waals surface area contributed by atoms with Crippen LogP contribution < -0.4 is 15.6 Å². The van der Waals surface area contributed by atoms with Crippen molar-refractivity contribution in [1.82, 2.24) is 14.5 Å². The van der Waals surface area contributed by atoms with Gasteiger partial charge in [-0.3, -0.25) is 9.36 Å². The number of methoxy groups -OCH3 is 1. The van der Waals surface area contributed by atoms with Gasteiger partial charge >= 0.3 is 6.03 Å². The van der Waals surface area contributed by atoms with Crippen molar-refractivity contribution in [2.45, 2.75) is 32.9 Å². The van der Waals surface area contributed by atoms with E-state index in [1.807, 2.05) is 26.0 Å². The van der Waals surface area contributed by atoms with Crippen LogP contribution in [0.3, 0.4) is 0 Å². The monoisotopic (exact) mass is 428 g/mol. The molecule has 0 saturated carbocycles. The van der Waals surface area contributed by atoms with Crippen LogP contribution in [-0.4, -0.2) is 34.6 Å². The highest BCUT2D eigenvalue weighted by molar-refractivity contribution is 6.31. The summed E-state index contributed by atoms with van der Waals surface area (Å²) in [4.78, 5) is 32.3. The summed E-state index contributed by atoms with van der Waals surface area (Å²) in [5, 5.41) is 3.88. The molecule has 1 atom stereocenters. The highest BCUT2D eigenvalue weighted by Gasteiger charge is 2.26. The van der Waals surface area contributed by atoms with Crippen LogP contribution >= 0.6 is 11.6 Å². The molecule has 2 aromatic carbocycles. The van der Waals surface area contributed by atoms with E-state index in [1.54, 1.807) is 54.0 Å². The zero-order valence-corrected chi connectivity index (χ0v) is 18.2. The largest absolute Gasteiger partial charge is 0.495 e. The van der Waals surface area contributed by atoms with E-state index >= 15 is 0 Å². The van der Waals surface area contributed by atoms with E-state index in [1.165, 1.54) is 0 Å². The van der Waals surface area contributed by atoms with Gasteiger partial charge in [-0.1, -0.05) is 30.7 Å². The zero-order chi connectivity index (χ0) is 21.8. The summed E-state index contributed by atoms with van der Waals surface area (Å²) < 4.78 is 6.91. The Kier molecular flexibility index (Phi) is 6.62. The normalized spacial score (nSPS) is 11.9. The number of hydrogen-bond donors (Lipinski definition) is 1. The lowest BCUT2D eigenvalue weighted by atomic mass is 10.1. The lowest BCUT2D eigenvalue weighted by Gasteiger charge is -2.29. The fourth-order valence-corrected chi connectivity index (χ4v) is 3.66. The van der Waals surface area contributed by atoms with Crippen LogP contribution in [-0.2, 0) is 6.54 Å². The van der Waals surface area contributed by atoms with Crippen molar-refractivity contribution in [3.8, 4) is 5.75 Å². The molecule has 1 unspecified atom stereocenters. The molecule has 0 bridgehead atoms. The molecule has 7 nitrogen and oxygen atoms in total. The second-order valence-electron chi connectivity index (χ2n) is 6.85. The molecule has 1 N–H and O–H groups in total. The van der Waals surface area contributed by atoms with E-state index in [-0.39, 0.29) is 11.6 Å². The maximum atomic E-state index is 13.0. The van der Waals surface area contributed by atoms with E-state index in [2.05, 4.69) is 5.32 Å². The number of halogens is 1. The topological polar surface area (TPSA) is 76.5 Å². The molecule has 3 rings (SSSR count). The average molecular weight is 429 g/mol. The molecule has 0 spiro atoms. The third-order valence-electron chi connectivity index (χ3n) is 5.08. The summed E-state index contributed by atoms with van der Waals surface area (Å²) in [6.07, 6.45) is 0.578. The smallest absolute Gasteiger partial charge is 0.322 e. The molecule has 0 aliphatic rings. The van der Waals surface area contributed by atoms with Gasteiger partial charge in [-0.2, -0.15) is 0 Å².